The maximum atomic E-state index is 10.2. The molecule has 186 valence electrons. The second-order valence-corrected chi connectivity index (χ2v) is 6.78. The van der Waals surface area contributed by atoms with E-state index in [2.05, 4.69) is 39.4 Å². The minimum atomic E-state index is -0.461. The van der Waals surface area contributed by atoms with Gasteiger partial charge in [0.1, 0.15) is 0 Å². The zero-order valence-electron chi connectivity index (χ0n) is 20.1. The summed E-state index contributed by atoms with van der Waals surface area (Å²) in [7, 11) is 0. The molecule has 0 radical (unpaired) electrons. The number of hydrogen-bond donors (Lipinski definition) is 0. The fourth-order valence-corrected chi connectivity index (χ4v) is 2.30. The van der Waals surface area contributed by atoms with Crippen molar-refractivity contribution in [3.63, 3.8) is 0 Å². The molecule has 0 aliphatic heterocycles. The molecule has 7 heteroatoms. The van der Waals surface area contributed by atoms with Gasteiger partial charge in [-0.15, -0.1) is 0 Å². The fraction of sp³-hybridized carbons (Fsp3) is 0.750. The molecule has 0 unspecified atom stereocenters. The van der Waals surface area contributed by atoms with Crippen LogP contribution >= 0.6 is 0 Å². The van der Waals surface area contributed by atoms with Crippen LogP contribution in [0, 0.1) is 20.8 Å². The van der Waals surface area contributed by atoms with Crippen molar-refractivity contribution in [1.29, 1.82) is 0 Å². The normalized spacial score (nSPS) is 9.00. The van der Waals surface area contributed by atoms with Gasteiger partial charge in [0.05, 0.1) is 19.8 Å². The Hall–Kier alpha value is -1.29. The molecule has 6 nitrogen and oxygen atoms in total. The maximum absolute atomic E-state index is 10.2. The van der Waals surface area contributed by atoms with Crippen LogP contribution in [-0.4, -0.2) is 37.7 Å². The summed E-state index contributed by atoms with van der Waals surface area (Å²) in [4.78, 5) is 30.2. The summed E-state index contributed by atoms with van der Waals surface area (Å²) in [5.41, 5.74) is 0. The van der Waals surface area contributed by atoms with Crippen LogP contribution < -0.4 is 0 Å². The zero-order valence-corrected chi connectivity index (χ0v) is 23.0. The van der Waals surface area contributed by atoms with E-state index in [1.165, 1.54) is 51.4 Å². The Labute approximate surface area is 205 Å². The first-order valence-corrected chi connectivity index (χ1v) is 11.3. The molecule has 0 N–H and O–H groups in total. The van der Waals surface area contributed by atoms with Crippen molar-refractivity contribution in [2.24, 2.45) is 0 Å². The summed E-state index contributed by atoms with van der Waals surface area (Å²) in [6, 6.07) is 0. The van der Waals surface area contributed by atoms with Crippen molar-refractivity contribution in [2.45, 2.75) is 97.8 Å². The number of unbranched alkanes of at least 4 members (excludes halogenated alkanes) is 10. The third-order valence-electron chi connectivity index (χ3n) is 3.83. The van der Waals surface area contributed by atoms with Crippen LogP contribution in [0.4, 0.5) is 0 Å². The Morgan fingerprint density at radius 2 is 0.806 bits per heavy atom. The smallest absolute Gasteiger partial charge is 0.164 e. The van der Waals surface area contributed by atoms with Gasteiger partial charge in [0.25, 0.3) is 0 Å². The van der Waals surface area contributed by atoms with Crippen molar-refractivity contribution in [2.75, 3.05) is 19.8 Å². The van der Waals surface area contributed by atoms with Crippen molar-refractivity contribution >= 4 is 17.9 Å². The zero-order chi connectivity index (χ0) is 23.5. The van der Waals surface area contributed by atoms with Crippen molar-refractivity contribution in [1.82, 2.24) is 0 Å². The maximum Gasteiger partial charge on any atom is 0.164 e. The summed E-state index contributed by atoms with van der Waals surface area (Å²) >= 11 is 0. The van der Waals surface area contributed by atoms with Crippen LogP contribution in [0.5, 0.6) is 0 Å². The van der Waals surface area contributed by atoms with E-state index in [1.807, 2.05) is 0 Å². The van der Waals surface area contributed by atoms with Crippen molar-refractivity contribution in [3.8, 4) is 0 Å². The standard InChI is InChI=1S/2C10H19O2.C4H7O2.W/c2*1-3-4-5-6-7-8-9-12-10(2)11;1-3-6-4(2)5;/h2*2-9H2,1H3;2-3H2,1H3;/q3*-1;. The van der Waals surface area contributed by atoms with E-state index in [4.69, 9.17) is 9.47 Å². The van der Waals surface area contributed by atoms with Crippen molar-refractivity contribution in [3.05, 3.63) is 20.8 Å². The van der Waals surface area contributed by atoms with Crippen LogP contribution in [0.15, 0.2) is 0 Å². The fourth-order valence-electron chi connectivity index (χ4n) is 2.30. The number of ether oxygens (including phenoxy) is 3. The van der Waals surface area contributed by atoms with Gasteiger partial charge in [0, 0.05) is 21.1 Å². The van der Waals surface area contributed by atoms with E-state index in [1.54, 1.807) is 6.92 Å². The Bertz CT molecular complexity index is 360. The average molecular weight is 613 g/mol. The Balaban J connectivity index is -0.000000183. The number of carbonyl (C=O) groups excluding carboxylic acids is 3. The predicted octanol–water partition coefficient (Wildman–Crippen LogP) is 5.83. The summed E-state index contributed by atoms with van der Waals surface area (Å²) in [5, 5.41) is 0. The quantitative estimate of drug-likeness (QED) is 0.100. The Morgan fingerprint density at radius 3 is 1.03 bits per heavy atom. The molecule has 0 saturated carbocycles. The minimum absolute atomic E-state index is 0. The molecule has 0 aliphatic rings. The van der Waals surface area contributed by atoms with Crippen LogP contribution in [-0.2, 0) is 49.7 Å². The van der Waals surface area contributed by atoms with Crippen LogP contribution in [0.25, 0.3) is 0 Å². The van der Waals surface area contributed by atoms with Crippen molar-refractivity contribution < 1.29 is 49.7 Å². The number of carbonyl (C=O) groups is 3. The molecule has 0 fully saturated rings. The Kier molecular flexibility index (Phi) is 39.9. The summed E-state index contributed by atoms with van der Waals surface area (Å²) in [6.07, 6.45) is 14.6. The van der Waals surface area contributed by atoms with E-state index < -0.39 is 17.9 Å². The Morgan fingerprint density at radius 1 is 0.516 bits per heavy atom. The second kappa shape index (κ2) is 33.3. The van der Waals surface area contributed by atoms with Gasteiger partial charge in [0.2, 0.25) is 0 Å². The van der Waals surface area contributed by atoms with E-state index >= 15 is 0 Å². The molecule has 0 bridgehead atoms. The van der Waals surface area contributed by atoms with E-state index in [-0.39, 0.29) is 21.1 Å². The van der Waals surface area contributed by atoms with Gasteiger partial charge < -0.3 is 14.2 Å². The molecule has 0 aromatic rings. The molecular formula is C24H45O6W-3. The van der Waals surface area contributed by atoms with E-state index in [0.29, 0.717) is 19.8 Å². The van der Waals surface area contributed by atoms with E-state index in [9.17, 15) is 14.4 Å². The first-order valence-electron chi connectivity index (χ1n) is 11.3. The molecule has 0 spiro atoms. The summed E-state index contributed by atoms with van der Waals surface area (Å²) in [6.45, 7) is 16.8. The third-order valence-corrected chi connectivity index (χ3v) is 3.83. The molecule has 0 aromatic heterocycles. The summed E-state index contributed by atoms with van der Waals surface area (Å²) in [5.74, 6) is -1.29. The second-order valence-electron chi connectivity index (χ2n) is 6.78. The largest absolute Gasteiger partial charge is 0.489 e. The molecule has 0 saturated heterocycles. The molecule has 0 heterocycles. The van der Waals surface area contributed by atoms with Gasteiger partial charge in [0.15, 0.2) is 17.9 Å². The van der Waals surface area contributed by atoms with Crippen LogP contribution in [0.3, 0.4) is 0 Å². The van der Waals surface area contributed by atoms with Gasteiger partial charge in [-0.3, -0.25) is 35.2 Å². The van der Waals surface area contributed by atoms with Crippen LogP contribution in [0.2, 0.25) is 0 Å². The number of rotatable bonds is 15. The van der Waals surface area contributed by atoms with Gasteiger partial charge in [-0.05, 0) is 19.8 Å². The van der Waals surface area contributed by atoms with Gasteiger partial charge in [-0.2, -0.15) is 0 Å². The van der Waals surface area contributed by atoms with Gasteiger partial charge in [-0.25, -0.2) is 0 Å². The molecule has 0 amide bonds. The molecule has 0 atom stereocenters. The summed E-state index contributed by atoms with van der Waals surface area (Å²) < 4.78 is 13.7. The number of hydrogen-bond acceptors (Lipinski definition) is 6. The molecule has 31 heavy (non-hydrogen) atoms. The SMILES string of the molecule is [CH2-]C(=O)OCC.[CH2-]C(=O)OCCCCCCCC.[CH2-]C(=O)OCCCCCCCC.[W]. The van der Waals surface area contributed by atoms with Crippen LogP contribution in [0.1, 0.15) is 97.8 Å². The molecule has 0 rings (SSSR count). The van der Waals surface area contributed by atoms with E-state index in [0.717, 1.165) is 25.7 Å². The van der Waals surface area contributed by atoms with Gasteiger partial charge in [-0.1, -0.05) is 78.1 Å². The monoisotopic (exact) mass is 613 g/mol. The minimum Gasteiger partial charge on any atom is -0.489 e. The molecule has 0 aromatic carbocycles. The topological polar surface area (TPSA) is 78.9 Å². The average Bonchev–Trinajstić information content (AvgIpc) is 2.67. The predicted molar refractivity (Wildman–Crippen MR) is 121 cm³/mol. The number of esters is 3. The molecular weight excluding hydrogens is 568 g/mol. The van der Waals surface area contributed by atoms with Gasteiger partial charge >= 0.3 is 0 Å². The first kappa shape index (κ1) is 37.0. The molecule has 0 aliphatic carbocycles. The first-order chi connectivity index (χ1) is 14.3. The third kappa shape index (κ3) is 52.7.